The Labute approximate surface area is 80.6 Å². The maximum Gasteiger partial charge on any atom is 0.161 e. The molecule has 0 radical (unpaired) electrons. The Morgan fingerprint density at radius 2 is 2.46 bits per heavy atom. The Morgan fingerprint density at radius 1 is 1.62 bits per heavy atom. The second-order valence-corrected chi connectivity index (χ2v) is 2.25. The number of phenolic OH excluding ortho intramolecular Hbond substituents is 1. The third-order valence-corrected chi connectivity index (χ3v) is 1.40. The van der Waals surface area contributed by atoms with Crippen LogP contribution in [0.4, 0.5) is 0 Å². The molecule has 0 heterocycles. The van der Waals surface area contributed by atoms with Crippen molar-refractivity contribution in [3.05, 3.63) is 23.8 Å². The van der Waals surface area contributed by atoms with E-state index in [4.69, 9.17) is 4.11 Å². The van der Waals surface area contributed by atoms with Crippen LogP contribution in [0.1, 0.15) is 9.68 Å². The van der Waals surface area contributed by atoms with E-state index in [-0.39, 0.29) is 11.5 Å². The first-order chi connectivity index (χ1) is 7.42. The van der Waals surface area contributed by atoms with Crippen molar-refractivity contribution in [2.75, 3.05) is 14.1 Å². The van der Waals surface area contributed by atoms with Crippen LogP contribution in [-0.2, 0) is 4.84 Å². The fourth-order valence-electron chi connectivity index (χ4n) is 0.806. The molecule has 0 fully saturated rings. The van der Waals surface area contributed by atoms with Gasteiger partial charge in [0, 0.05) is 5.56 Å². The molecule has 1 aromatic rings. The minimum absolute atomic E-state index is 0.125. The molecule has 4 nitrogen and oxygen atoms in total. The summed E-state index contributed by atoms with van der Waals surface area (Å²) in [5.41, 5.74) is 0.555. The molecular weight excluding hydrogens is 170 g/mol. The Balaban J connectivity index is 2.95. The van der Waals surface area contributed by atoms with Crippen LogP contribution in [0.25, 0.3) is 0 Å². The molecule has 0 saturated carbocycles. The summed E-state index contributed by atoms with van der Waals surface area (Å²) >= 11 is 0. The van der Waals surface area contributed by atoms with Gasteiger partial charge in [0.25, 0.3) is 0 Å². The predicted molar refractivity (Wildman–Crippen MR) is 49.3 cm³/mol. The standard InChI is InChI=1S/C9H11NO3/c1-12-9-5-7(6-10-13-2)3-4-8(9)11/h3-6,11H,1-2H3/i1D3. The number of phenols is 1. The van der Waals surface area contributed by atoms with Crippen molar-refractivity contribution in [1.29, 1.82) is 0 Å². The number of ether oxygens (including phenoxy) is 1. The van der Waals surface area contributed by atoms with Gasteiger partial charge >= 0.3 is 0 Å². The SMILES string of the molecule is [2H]C([2H])([2H])Oc1cc(C=NOC)ccc1O. The van der Waals surface area contributed by atoms with Gasteiger partial charge in [-0.3, -0.25) is 0 Å². The molecule has 1 rings (SSSR count). The van der Waals surface area contributed by atoms with Gasteiger partial charge in [-0.05, 0) is 18.2 Å². The van der Waals surface area contributed by atoms with Crippen molar-refractivity contribution in [2.45, 2.75) is 0 Å². The number of nitrogens with zero attached hydrogens (tertiary/aromatic N) is 1. The van der Waals surface area contributed by atoms with Gasteiger partial charge in [0.1, 0.15) is 7.11 Å². The second-order valence-electron chi connectivity index (χ2n) is 2.25. The highest BCUT2D eigenvalue weighted by molar-refractivity contribution is 5.80. The van der Waals surface area contributed by atoms with Crippen LogP contribution in [0, 0.1) is 0 Å². The summed E-state index contributed by atoms with van der Waals surface area (Å²) in [5, 5.41) is 12.9. The highest BCUT2D eigenvalue weighted by Crippen LogP contribution is 2.25. The molecule has 4 heteroatoms. The summed E-state index contributed by atoms with van der Waals surface area (Å²) in [4.78, 5) is 4.47. The normalized spacial score (nSPS) is 14.7. The first-order valence-corrected chi connectivity index (χ1v) is 3.51. The average Bonchev–Trinajstić information content (AvgIpc) is 2.17. The van der Waals surface area contributed by atoms with E-state index < -0.39 is 7.04 Å². The number of rotatable bonds is 3. The van der Waals surface area contributed by atoms with Gasteiger partial charge in [-0.15, -0.1) is 0 Å². The number of hydrogen-bond acceptors (Lipinski definition) is 4. The van der Waals surface area contributed by atoms with Gasteiger partial charge in [0.2, 0.25) is 0 Å². The highest BCUT2D eigenvalue weighted by Gasteiger charge is 2.00. The van der Waals surface area contributed by atoms with Crippen molar-refractivity contribution in [3.63, 3.8) is 0 Å². The molecule has 0 spiro atoms. The van der Waals surface area contributed by atoms with Crippen molar-refractivity contribution < 1.29 is 18.8 Å². The molecule has 0 aliphatic rings. The number of oxime groups is 1. The molecule has 0 aliphatic heterocycles. The quantitative estimate of drug-likeness (QED) is 0.570. The van der Waals surface area contributed by atoms with Crippen LogP contribution in [0.3, 0.4) is 0 Å². The van der Waals surface area contributed by atoms with Gasteiger partial charge in [-0.1, -0.05) is 5.16 Å². The maximum absolute atomic E-state index is 9.37. The zero-order valence-corrected chi connectivity index (χ0v) is 7.02. The number of methoxy groups -OCH3 is 1. The third-order valence-electron chi connectivity index (χ3n) is 1.40. The average molecular weight is 184 g/mol. The zero-order chi connectivity index (χ0) is 12.2. The molecule has 0 bridgehead atoms. The topological polar surface area (TPSA) is 51.0 Å². The van der Waals surface area contributed by atoms with E-state index in [1.54, 1.807) is 6.07 Å². The summed E-state index contributed by atoms with van der Waals surface area (Å²) in [5.74, 6) is -0.370. The van der Waals surface area contributed by atoms with Gasteiger partial charge in [-0.2, -0.15) is 0 Å². The Kier molecular flexibility index (Phi) is 1.96. The summed E-state index contributed by atoms with van der Waals surface area (Å²) < 4.78 is 25.3. The van der Waals surface area contributed by atoms with Gasteiger partial charge < -0.3 is 14.7 Å². The summed E-state index contributed by atoms with van der Waals surface area (Å²) in [6.07, 6.45) is 1.37. The van der Waals surface area contributed by atoms with Crippen molar-refractivity contribution in [3.8, 4) is 11.5 Å². The lowest BCUT2D eigenvalue weighted by atomic mass is 10.2. The molecule has 0 aliphatic carbocycles. The lowest BCUT2D eigenvalue weighted by Crippen LogP contribution is -1.87. The van der Waals surface area contributed by atoms with E-state index in [9.17, 15) is 5.11 Å². The van der Waals surface area contributed by atoms with E-state index in [2.05, 4.69) is 14.7 Å². The molecule has 0 atom stereocenters. The van der Waals surface area contributed by atoms with Crippen LogP contribution in [0.2, 0.25) is 0 Å². The monoisotopic (exact) mass is 184 g/mol. The summed E-state index contributed by atoms with van der Waals surface area (Å²) in [6, 6.07) is 4.21. The van der Waals surface area contributed by atoms with Crippen LogP contribution in [0.15, 0.2) is 23.4 Å². The van der Waals surface area contributed by atoms with Gasteiger partial charge in [0.15, 0.2) is 11.5 Å². The number of benzene rings is 1. The maximum atomic E-state index is 9.37. The molecule has 1 aromatic carbocycles. The number of aromatic hydroxyl groups is 1. The van der Waals surface area contributed by atoms with Crippen molar-refractivity contribution >= 4 is 6.21 Å². The minimum Gasteiger partial charge on any atom is -0.504 e. The number of hydrogen-bond donors (Lipinski definition) is 1. The third kappa shape index (κ3) is 2.37. The predicted octanol–water partition coefficient (Wildman–Crippen LogP) is 1.38. The first-order valence-electron chi connectivity index (χ1n) is 5.01. The van der Waals surface area contributed by atoms with Gasteiger partial charge in [-0.25, -0.2) is 0 Å². The van der Waals surface area contributed by atoms with E-state index >= 15 is 0 Å². The summed E-state index contributed by atoms with van der Waals surface area (Å²) in [6.45, 7) is 0. The van der Waals surface area contributed by atoms with E-state index in [1.807, 2.05) is 0 Å². The molecule has 1 N–H and O–H groups in total. The zero-order valence-electron chi connectivity index (χ0n) is 10.0. The molecule has 70 valence electrons. The summed E-state index contributed by atoms with van der Waals surface area (Å²) in [7, 11) is -1.22. The molecule has 13 heavy (non-hydrogen) atoms. The fourth-order valence-corrected chi connectivity index (χ4v) is 0.806. The van der Waals surface area contributed by atoms with Crippen LogP contribution in [-0.4, -0.2) is 25.5 Å². The minimum atomic E-state index is -2.60. The molecule has 0 saturated heterocycles. The van der Waals surface area contributed by atoms with E-state index in [0.717, 1.165) is 0 Å². The first kappa shape index (κ1) is 5.85. The lowest BCUT2D eigenvalue weighted by molar-refractivity contribution is 0.215. The molecule has 0 aromatic heterocycles. The molecule has 0 unspecified atom stereocenters. The Hall–Kier alpha value is -1.71. The second kappa shape index (κ2) is 4.35. The van der Waals surface area contributed by atoms with Crippen molar-refractivity contribution in [1.82, 2.24) is 0 Å². The van der Waals surface area contributed by atoms with Crippen LogP contribution < -0.4 is 4.74 Å². The smallest absolute Gasteiger partial charge is 0.161 e. The van der Waals surface area contributed by atoms with Gasteiger partial charge in [0.05, 0.1) is 17.4 Å². The largest absolute Gasteiger partial charge is 0.504 e. The Bertz CT molecular complexity index is 390. The fraction of sp³-hybridized carbons (Fsp3) is 0.222. The lowest BCUT2D eigenvalue weighted by Gasteiger charge is -2.02. The Morgan fingerprint density at radius 3 is 3.15 bits per heavy atom. The molecule has 0 amide bonds. The van der Waals surface area contributed by atoms with Crippen LogP contribution in [0.5, 0.6) is 11.5 Å². The van der Waals surface area contributed by atoms with E-state index in [1.165, 1.54) is 25.5 Å². The van der Waals surface area contributed by atoms with Crippen molar-refractivity contribution in [2.24, 2.45) is 5.16 Å². The highest BCUT2D eigenvalue weighted by atomic mass is 16.6. The van der Waals surface area contributed by atoms with E-state index in [0.29, 0.717) is 5.56 Å². The van der Waals surface area contributed by atoms with Crippen LogP contribution >= 0.6 is 0 Å². The molecular formula is C9H11NO3.